The summed E-state index contributed by atoms with van der Waals surface area (Å²) in [6.45, 7) is -2.37. The van der Waals surface area contributed by atoms with E-state index in [1.807, 2.05) is 0 Å². The number of Topliss-reactive ketones (excluding diaryl/α,β-unsaturated/α-hetero) is 1. The highest BCUT2D eigenvalue weighted by atomic mass is 19.3. The molecule has 0 aliphatic carbocycles. The zero-order valence-corrected chi connectivity index (χ0v) is 8.45. The maximum Gasteiger partial charge on any atom is 0.387 e. The second-order valence-corrected chi connectivity index (χ2v) is 2.96. The van der Waals surface area contributed by atoms with E-state index in [0.29, 0.717) is 6.07 Å². The molecule has 0 radical (unpaired) electrons. The maximum absolute atomic E-state index is 13.5. The Morgan fingerprint density at radius 3 is 2.47 bits per heavy atom. The smallest absolute Gasteiger partial charge is 0.387 e. The minimum Gasteiger partial charge on any atom is -0.434 e. The first-order valence-corrected chi connectivity index (χ1v) is 4.27. The molecule has 0 aliphatic rings. The number of halogens is 3. The van der Waals surface area contributed by atoms with E-state index < -0.39 is 40.1 Å². The maximum atomic E-state index is 13.5. The summed E-state index contributed by atoms with van der Waals surface area (Å²) in [5.41, 5.74) is -1.84. The Bertz CT molecular complexity index is 476. The van der Waals surface area contributed by atoms with Crippen molar-refractivity contribution in [1.82, 2.24) is 0 Å². The average Bonchev–Trinajstić information content (AvgIpc) is 2.15. The van der Waals surface area contributed by atoms with Crippen molar-refractivity contribution >= 4 is 11.5 Å². The number of rotatable bonds is 4. The summed E-state index contributed by atoms with van der Waals surface area (Å²) in [5.74, 6) is -3.15. The molecule has 0 unspecified atom stereocenters. The average molecular weight is 249 g/mol. The lowest BCUT2D eigenvalue weighted by atomic mass is 10.1. The molecule has 0 N–H and O–H groups in total. The van der Waals surface area contributed by atoms with Crippen LogP contribution in [0.1, 0.15) is 17.3 Å². The third-order valence-electron chi connectivity index (χ3n) is 1.85. The van der Waals surface area contributed by atoms with Crippen molar-refractivity contribution in [3.05, 3.63) is 33.6 Å². The van der Waals surface area contributed by atoms with Crippen LogP contribution in [0.15, 0.2) is 12.1 Å². The molecule has 0 heterocycles. The van der Waals surface area contributed by atoms with Crippen LogP contribution < -0.4 is 4.74 Å². The lowest BCUT2D eigenvalue weighted by Crippen LogP contribution is -2.09. The van der Waals surface area contributed by atoms with E-state index in [9.17, 15) is 28.1 Å². The van der Waals surface area contributed by atoms with Gasteiger partial charge in [0.2, 0.25) is 5.82 Å². The van der Waals surface area contributed by atoms with Gasteiger partial charge in [-0.1, -0.05) is 0 Å². The highest BCUT2D eigenvalue weighted by Gasteiger charge is 2.25. The number of nitro groups is 1. The SMILES string of the molecule is CC(=O)c1c(OC(F)F)ccc([N+](=O)[O-])c1F. The van der Waals surface area contributed by atoms with Gasteiger partial charge in [-0.3, -0.25) is 14.9 Å². The predicted molar refractivity (Wildman–Crippen MR) is 49.7 cm³/mol. The molecule has 0 bridgehead atoms. The van der Waals surface area contributed by atoms with Gasteiger partial charge in [0.05, 0.1) is 4.92 Å². The Hall–Kier alpha value is -2.12. The van der Waals surface area contributed by atoms with E-state index in [2.05, 4.69) is 4.74 Å². The van der Waals surface area contributed by atoms with Gasteiger partial charge in [0.15, 0.2) is 5.78 Å². The second-order valence-electron chi connectivity index (χ2n) is 2.96. The summed E-state index contributed by atoms with van der Waals surface area (Å²) >= 11 is 0. The number of carbonyl (C=O) groups excluding carboxylic acids is 1. The molecule has 1 rings (SSSR count). The number of hydrogen-bond donors (Lipinski definition) is 0. The van der Waals surface area contributed by atoms with Crippen LogP contribution in [0.3, 0.4) is 0 Å². The van der Waals surface area contributed by atoms with Crippen LogP contribution in [0.25, 0.3) is 0 Å². The Kier molecular flexibility index (Phi) is 3.66. The predicted octanol–water partition coefficient (Wildman–Crippen LogP) is 2.54. The van der Waals surface area contributed by atoms with Gasteiger partial charge in [-0.25, -0.2) is 0 Å². The molecule has 0 atom stereocenters. The number of ether oxygens (including phenoxy) is 1. The molecule has 8 heteroatoms. The monoisotopic (exact) mass is 249 g/mol. The lowest BCUT2D eigenvalue weighted by Gasteiger charge is -2.09. The van der Waals surface area contributed by atoms with Crippen molar-refractivity contribution in [2.75, 3.05) is 0 Å². The van der Waals surface area contributed by atoms with E-state index in [1.54, 1.807) is 0 Å². The standard InChI is InChI=1S/C9H6F3NO4/c1-4(14)7-6(17-9(11)12)3-2-5(8(7)10)13(15)16/h2-3,9H,1H3. The molecule has 0 fully saturated rings. The number of carbonyl (C=O) groups is 1. The highest BCUT2D eigenvalue weighted by molar-refractivity contribution is 5.97. The highest BCUT2D eigenvalue weighted by Crippen LogP contribution is 2.30. The fourth-order valence-corrected chi connectivity index (χ4v) is 1.21. The normalized spacial score (nSPS) is 10.4. The van der Waals surface area contributed by atoms with Crippen molar-refractivity contribution in [2.45, 2.75) is 13.5 Å². The van der Waals surface area contributed by atoms with Crippen LogP contribution in [0, 0.1) is 15.9 Å². The summed E-state index contributed by atoms with van der Waals surface area (Å²) in [6.07, 6.45) is 0. The minimum atomic E-state index is -3.26. The first-order chi connectivity index (χ1) is 7.84. The summed E-state index contributed by atoms with van der Waals surface area (Å²) in [5, 5.41) is 10.4. The molecule has 0 aliphatic heterocycles. The van der Waals surface area contributed by atoms with Gasteiger partial charge in [-0.15, -0.1) is 0 Å². The van der Waals surface area contributed by atoms with Crippen molar-refractivity contribution in [3.8, 4) is 5.75 Å². The zero-order chi connectivity index (χ0) is 13.2. The van der Waals surface area contributed by atoms with E-state index in [-0.39, 0.29) is 0 Å². The number of alkyl halides is 2. The molecule has 92 valence electrons. The van der Waals surface area contributed by atoms with Crippen LogP contribution in [-0.2, 0) is 0 Å². The van der Waals surface area contributed by atoms with Gasteiger partial charge in [-0.2, -0.15) is 13.2 Å². The van der Waals surface area contributed by atoms with Crippen LogP contribution in [0.4, 0.5) is 18.9 Å². The molecule has 0 aromatic heterocycles. The fraction of sp³-hybridized carbons (Fsp3) is 0.222. The molecule has 0 saturated carbocycles. The first-order valence-electron chi connectivity index (χ1n) is 4.27. The number of ketones is 1. The zero-order valence-electron chi connectivity index (χ0n) is 8.45. The first kappa shape index (κ1) is 12.9. The molecular formula is C9H6F3NO4. The minimum absolute atomic E-state index is 0.652. The fourth-order valence-electron chi connectivity index (χ4n) is 1.21. The number of nitrogens with zero attached hydrogens (tertiary/aromatic N) is 1. The summed E-state index contributed by atoms with van der Waals surface area (Å²) in [7, 11) is 0. The van der Waals surface area contributed by atoms with Crippen LogP contribution in [0.2, 0.25) is 0 Å². The van der Waals surface area contributed by atoms with Crippen molar-refractivity contribution in [1.29, 1.82) is 0 Å². The largest absolute Gasteiger partial charge is 0.434 e. The Morgan fingerprint density at radius 1 is 1.47 bits per heavy atom. The molecule has 17 heavy (non-hydrogen) atoms. The van der Waals surface area contributed by atoms with Crippen LogP contribution in [-0.4, -0.2) is 17.3 Å². The Morgan fingerprint density at radius 2 is 2.06 bits per heavy atom. The van der Waals surface area contributed by atoms with Crippen LogP contribution in [0.5, 0.6) is 5.75 Å². The summed E-state index contributed by atoms with van der Waals surface area (Å²) < 4.78 is 41.3. The number of benzene rings is 1. The molecule has 1 aromatic carbocycles. The number of hydrogen-bond acceptors (Lipinski definition) is 4. The third kappa shape index (κ3) is 2.71. The summed E-state index contributed by atoms with van der Waals surface area (Å²) in [4.78, 5) is 20.4. The van der Waals surface area contributed by atoms with Gasteiger partial charge in [0.25, 0.3) is 0 Å². The molecule has 5 nitrogen and oxygen atoms in total. The molecule has 1 aromatic rings. The Labute approximate surface area is 93.0 Å². The molecule has 0 spiro atoms. The van der Waals surface area contributed by atoms with E-state index >= 15 is 0 Å². The van der Waals surface area contributed by atoms with Gasteiger partial charge in [-0.05, 0) is 13.0 Å². The van der Waals surface area contributed by atoms with E-state index in [1.165, 1.54) is 0 Å². The molecular weight excluding hydrogens is 243 g/mol. The number of nitro benzene ring substituents is 1. The third-order valence-corrected chi connectivity index (χ3v) is 1.85. The van der Waals surface area contributed by atoms with Crippen molar-refractivity contribution < 1.29 is 27.6 Å². The van der Waals surface area contributed by atoms with Crippen molar-refractivity contribution in [2.24, 2.45) is 0 Å². The van der Waals surface area contributed by atoms with Gasteiger partial charge < -0.3 is 4.74 Å². The lowest BCUT2D eigenvalue weighted by molar-refractivity contribution is -0.387. The van der Waals surface area contributed by atoms with Gasteiger partial charge in [0, 0.05) is 6.07 Å². The summed E-state index contributed by atoms with van der Waals surface area (Å²) in [6, 6.07) is 1.41. The van der Waals surface area contributed by atoms with Gasteiger partial charge in [0.1, 0.15) is 11.3 Å². The topological polar surface area (TPSA) is 69.4 Å². The Balaban J connectivity index is 3.39. The quantitative estimate of drug-likeness (QED) is 0.467. The van der Waals surface area contributed by atoms with Crippen molar-refractivity contribution in [3.63, 3.8) is 0 Å². The van der Waals surface area contributed by atoms with E-state index in [4.69, 9.17) is 0 Å². The second kappa shape index (κ2) is 4.81. The van der Waals surface area contributed by atoms with Crippen LogP contribution >= 0.6 is 0 Å². The molecule has 0 saturated heterocycles. The molecule has 0 amide bonds. The van der Waals surface area contributed by atoms with E-state index in [0.717, 1.165) is 13.0 Å². The van der Waals surface area contributed by atoms with Gasteiger partial charge >= 0.3 is 12.3 Å².